The summed E-state index contributed by atoms with van der Waals surface area (Å²) >= 11 is 0. The summed E-state index contributed by atoms with van der Waals surface area (Å²) in [6.45, 7) is -6.81. The van der Waals surface area contributed by atoms with Crippen LogP contribution in [-0.4, -0.2) is 14.7 Å². The van der Waals surface area contributed by atoms with Crippen molar-refractivity contribution in [2.45, 2.75) is 0 Å². The zero-order valence-electron chi connectivity index (χ0n) is 29.8. The second kappa shape index (κ2) is 13.3. The van der Waals surface area contributed by atoms with Gasteiger partial charge in [0.1, 0.15) is 0 Å². The SMILES string of the molecule is OP(O)(O)(P(c1ccccc1)(c1ccccc1)(c1ccccc1)c1ccccc1)P(c1ccccc1)(c1ccccc1)(c1ccccc1)c1ccccc1. The minimum absolute atomic E-state index is 0.644. The summed E-state index contributed by atoms with van der Waals surface area (Å²) in [6, 6.07) is 78.6. The molecule has 0 saturated carbocycles. The third kappa shape index (κ3) is 4.12. The molecule has 0 bridgehead atoms. The average Bonchev–Trinajstić information content (AvgIpc) is 3.25. The van der Waals surface area contributed by atoms with Crippen LogP contribution in [-0.2, 0) is 0 Å². The van der Waals surface area contributed by atoms with Gasteiger partial charge in [0.25, 0.3) is 0 Å². The van der Waals surface area contributed by atoms with E-state index in [1.165, 1.54) is 0 Å². The van der Waals surface area contributed by atoms with E-state index in [9.17, 15) is 0 Å². The predicted octanol–water partition coefficient (Wildman–Crippen LogP) is 7.80. The van der Waals surface area contributed by atoms with Gasteiger partial charge in [-0.15, -0.1) is 0 Å². The molecule has 8 aromatic carbocycles. The Bertz CT molecular complexity index is 1960. The Morgan fingerprint density at radius 1 is 0.185 bits per heavy atom. The monoisotopic (exact) mass is 760 g/mol. The van der Waals surface area contributed by atoms with E-state index < -0.39 is 19.2 Å². The molecule has 0 aliphatic rings. The summed E-state index contributed by atoms with van der Waals surface area (Å²) in [5, 5.41) is 5.15. The Hall–Kier alpha value is -5.07. The Kier molecular flexibility index (Phi) is 8.88. The summed E-state index contributed by atoms with van der Waals surface area (Å²) in [5.74, 6) is 0. The van der Waals surface area contributed by atoms with Crippen LogP contribution in [0.25, 0.3) is 0 Å². The molecule has 0 radical (unpaired) electrons. The fourth-order valence-corrected chi connectivity index (χ4v) is 52.3. The van der Waals surface area contributed by atoms with E-state index in [1.54, 1.807) is 0 Å². The van der Waals surface area contributed by atoms with Crippen molar-refractivity contribution in [3.8, 4) is 0 Å². The van der Waals surface area contributed by atoms with E-state index in [2.05, 4.69) is 0 Å². The standard InChI is InChI=1S/C48H43O3P3/c49-54(50,51,52(41-25-9-1-10-26-41,42-27-11-2-12-28-42,43-29-13-3-14-30-43)44-31-15-4-16-32-44)53(45-33-17-5-18-34-45,46-35-19-6-20-36-46,47-37-21-7-22-38-47)48-39-23-8-24-40-48/h1-40,49-51H. The molecule has 0 atom stereocenters. The molecule has 3 N–H and O–H groups in total. The first-order valence-electron chi connectivity index (χ1n) is 18.1. The number of hydrogen-bond acceptors (Lipinski definition) is 3. The zero-order chi connectivity index (χ0) is 37.2. The second-order valence-electron chi connectivity index (χ2n) is 13.7. The van der Waals surface area contributed by atoms with Crippen LogP contribution in [0.15, 0.2) is 243 Å². The van der Waals surface area contributed by atoms with Crippen LogP contribution in [0.1, 0.15) is 0 Å². The van der Waals surface area contributed by atoms with E-state index in [4.69, 9.17) is 0 Å². The van der Waals surface area contributed by atoms with Gasteiger partial charge in [-0.3, -0.25) is 0 Å². The molecule has 0 fully saturated rings. The molecule has 268 valence electrons. The first-order valence-corrected chi connectivity index (χ1v) is 26.1. The Morgan fingerprint density at radius 2 is 0.296 bits per heavy atom. The van der Waals surface area contributed by atoms with Crippen LogP contribution in [0, 0.1) is 0 Å². The predicted molar refractivity (Wildman–Crippen MR) is 236 cm³/mol. The molecule has 3 nitrogen and oxygen atoms in total. The van der Waals surface area contributed by atoms with Crippen LogP contribution in [0.3, 0.4) is 0 Å². The van der Waals surface area contributed by atoms with Gasteiger partial charge < -0.3 is 0 Å². The van der Waals surface area contributed by atoms with Crippen molar-refractivity contribution in [2.24, 2.45) is 0 Å². The van der Waals surface area contributed by atoms with Crippen molar-refractivity contribution in [2.75, 3.05) is 0 Å². The van der Waals surface area contributed by atoms with Gasteiger partial charge in [0.15, 0.2) is 0 Å². The molecule has 0 heterocycles. The molecular weight excluding hydrogens is 717 g/mol. The van der Waals surface area contributed by atoms with Gasteiger partial charge >= 0.3 is 319 Å². The number of benzene rings is 8. The third-order valence-electron chi connectivity index (χ3n) is 11.5. The van der Waals surface area contributed by atoms with Gasteiger partial charge in [0, 0.05) is 0 Å². The molecule has 0 saturated heterocycles. The van der Waals surface area contributed by atoms with Gasteiger partial charge in [-0.1, -0.05) is 0 Å². The molecule has 0 aliphatic heterocycles. The van der Waals surface area contributed by atoms with Gasteiger partial charge in [0.2, 0.25) is 0 Å². The molecule has 0 unspecified atom stereocenters. The average molecular weight is 761 g/mol. The van der Waals surface area contributed by atoms with E-state index in [0.29, 0.717) is 42.4 Å². The normalized spacial score (nSPS) is 14.3. The van der Waals surface area contributed by atoms with E-state index >= 15 is 14.7 Å². The van der Waals surface area contributed by atoms with Crippen LogP contribution >= 0.6 is 19.2 Å². The molecule has 0 spiro atoms. The van der Waals surface area contributed by atoms with Crippen molar-refractivity contribution in [1.82, 2.24) is 0 Å². The molecule has 8 rings (SSSR count). The molecule has 54 heavy (non-hydrogen) atoms. The quantitative estimate of drug-likeness (QED) is 0.125. The molecule has 8 aromatic rings. The van der Waals surface area contributed by atoms with Gasteiger partial charge in [-0.2, -0.15) is 0 Å². The molecule has 0 aromatic heterocycles. The van der Waals surface area contributed by atoms with Crippen molar-refractivity contribution in [3.05, 3.63) is 243 Å². The van der Waals surface area contributed by atoms with Gasteiger partial charge in [0.05, 0.1) is 0 Å². The van der Waals surface area contributed by atoms with Gasteiger partial charge in [-0.25, -0.2) is 0 Å². The number of rotatable bonds is 10. The summed E-state index contributed by atoms with van der Waals surface area (Å²) in [4.78, 5) is 47.1. The summed E-state index contributed by atoms with van der Waals surface area (Å²) in [7, 11) is 0. The summed E-state index contributed by atoms with van der Waals surface area (Å²) in [5.41, 5.74) is 0. The van der Waals surface area contributed by atoms with E-state index in [0.717, 1.165) is 0 Å². The van der Waals surface area contributed by atoms with Crippen LogP contribution in [0.5, 0.6) is 0 Å². The van der Waals surface area contributed by atoms with E-state index in [-0.39, 0.29) is 0 Å². The Balaban J connectivity index is 1.88. The van der Waals surface area contributed by atoms with Crippen molar-refractivity contribution >= 4 is 61.7 Å². The summed E-state index contributed by atoms with van der Waals surface area (Å²) < 4.78 is 0. The van der Waals surface area contributed by atoms with Crippen LogP contribution < -0.4 is 42.4 Å². The summed E-state index contributed by atoms with van der Waals surface area (Å²) in [6.07, 6.45) is -10.7. The topological polar surface area (TPSA) is 60.7 Å². The zero-order valence-corrected chi connectivity index (χ0v) is 32.5. The molecule has 6 heteroatoms. The van der Waals surface area contributed by atoms with Crippen molar-refractivity contribution < 1.29 is 14.7 Å². The maximum absolute atomic E-state index is 15.7. The first kappa shape index (κ1) is 35.9. The van der Waals surface area contributed by atoms with Crippen LogP contribution in [0.2, 0.25) is 0 Å². The first-order chi connectivity index (χ1) is 26.3. The second-order valence-corrected chi connectivity index (χ2v) is 34.1. The Labute approximate surface area is 317 Å². The fourth-order valence-electron chi connectivity index (χ4n) is 9.55. The molecular formula is C48H43O3P3. The van der Waals surface area contributed by atoms with Crippen molar-refractivity contribution in [3.63, 3.8) is 0 Å². The van der Waals surface area contributed by atoms with Crippen LogP contribution in [0.4, 0.5) is 0 Å². The minimum atomic E-state index is -6.81. The molecule has 0 aliphatic carbocycles. The van der Waals surface area contributed by atoms with Crippen molar-refractivity contribution in [1.29, 1.82) is 0 Å². The molecule has 0 amide bonds. The van der Waals surface area contributed by atoms with Gasteiger partial charge in [-0.05, 0) is 0 Å². The Morgan fingerprint density at radius 3 is 0.407 bits per heavy atom. The van der Waals surface area contributed by atoms with E-state index in [1.807, 2.05) is 243 Å². The third-order valence-corrected chi connectivity index (χ3v) is 45.4. The number of hydrogen-bond donors (Lipinski definition) is 3. The maximum atomic E-state index is 15.7. The fraction of sp³-hybridized carbons (Fsp3) is 0.